The van der Waals surface area contributed by atoms with Gasteiger partial charge in [-0.3, -0.25) is 4.79 Å². The Hall–Kier alpha value is -1.42. The second-order valence-electron chi connectivity index (χ2n) is 3.86. The summed E-state index contributed by atoms with van der Waals surface area (Å²) in [5, 5.41) is 2.97. The molecule has 0 fully saturated rings. The van der Waals surface area contributed by atoms with Crippen LogP contribution >= 0.6 is 0 Å². The van der Waals surface area contributed by atoms with Crippen LogP contribution in [-0.2, 0) is 11.2 Å². The number of halogens is 1. The zero-order valence-electron chi connectivity index (χ0n) is 10.3. The first kappa shape index (κ1) is 13.6. The molecule has 4 heteroatoms. The molecule has 0 spiro atoms. The van der Waals surface area contributed by atoms with Crippen LogP contribution in [-0.4, -0.2) is 26.5 Å². The summed E-state index contributed by atoms with van der Waals surface area (Å²) in [7, 11) is 3.25. The Balaban J connectivity index is 2.59. The van der Waals surface area contributed by atoms with Crippen LogP contribution in [0.2, 0.25) is 0 Å². The lowest BCUT2D eigenvalue weighted by Crippen LogP contribution is -2.11. The van der Waals surface area contributed by atoms with Crippen molar-refractivity contribution in [3.05, 3.63) is 29.6 Å². The number of hydrogen-bond acceptors (Lipinski definition) is 3. The Morgan fingerprint density at radius 2 is 2.24 bits per heavy atom. The highest BCUT2D eigenvalue weighted by molar-refractivity contribution is 5.81. The lowest BCUT2D eigenvalue weighted by molar-refractivity contribution is -0.118. The van der Waals surface area contributed by atoms with Crippen LogP contribution < -0.4 is 10.1 Å². The quantitative estimate of drug-likeness (QED) is 0.739. The summed E-state index contributed by atoms with van der Waals surface area (Å²) in [5.74, 6) is -0.199. The summed E-state index contributed by atoms with van der Waals surface area (Å²) in [5.41, 5.74) is 0.402. The van der Waals surface area contributed by atoms with Gasteiger partial charge in [0.1, 0.15) is 5.78 Å². The number of ketones is 1. The topological polar surface area (TPSA) is 38.3 Å². The molecule has 3 nitrogen and oxygen atoms in total. The van der Waals surface area contributed by atoms with Gasteiger partial charge >= 0.3 is 0 Å². The van der Waals surface area contributed by atoms with Gasteiger partial charge in [0.25, 0.3) is 0 Å². The Bertz CT molecular complexity index is 380. The third kappa shape index (κ3) is 4.15. The van der Waals surface area contributed by atoms with Crippen LogP contribution in [0.15, 0.2) is 18.2 Å². The Morgan fingerprint density at radius 3 is 2.88 bits per heavy atom. The normalized spacial score (nSPS) is 10.3. The second kappa shape index (κ2) is 7.01. The third-order valence-corrected chi connectivity index (χ3v) is 2.53. The predicted octanol–water partition coefficient (Wildman–Crippen LogP) is 1.95. The van der Waals surface area contributed by atoms with E-state index in [1.807, 2.05) is 7.05 Å². The van der Waals surface area contributed by atoms with Crippen molar-refractivity contribution in [3.63, 3.8) is 0 Å². The van der Waals surface area contributed by atoms with Crippen molar-refractivity contribution in [3.8, 4) is 5.75 Å². The van der Waals surface area contributed by atoms with Crippen molar-refractivity contribution in [2.75, 3.05) is 20.7 Å². The van der Waals surface area contributed by atoms with Crippen molar-refractivity contribution in [2.24, 2.45) is 0 Å². The first-order chi connectivity index (χ1) is 8.19. The summed E-state index contributed by atoms with van der Waals surface area (Å²) in [4.78, 5) is 11.6. The molecule has 1 aromatic rings. The number of Topliss-reactive ketones (excluding diaryl/α,β-unsaturated/α-hetero) is 1. The van der Waals surface area contributed by atoms with Gasteiger partial charge in [-0.25, -0.2) is 4.39 Å². The largest absolute Gasteiger partial charge is 0.494 e. The maximum Gasteiger partial charge on any atom is 0.168 e. The van der Waals surface area contributed by atoms with E-state index in [2.05, 4.69) is 5.32 Å². The Morgan fingerprint density at radius 1 is 1.47 bits per heavy atom. The maximum atomic E-state index is 13.7. The molecule has 0 amide bonds. The van der Waals surface area contributed by atoms with Crippen molar-refractivity contribution in [2.45, 2.75) is 19.3 Å². The summed E-state index contributed by atoms with van der Waals surface area (Å²) in [6.07, 6.45) is 1.38. The third-order valence-electron chi connectivity index (χ3n) is 2.53. The van der Waals surface area contributed by atoms with E-state index < -0.39 is 5.82 Å². The lowest BCUT2D eigenvalue weighted by atomic mass is 10.0. The summed E-state index contributed by atoms with van der Waals surface area (Å²) in [6, 6.07) is 4.86. The van der Waals surface area contributed by atoms with Crippen LogP contribution in [0.4, 0.5) is 4.39 Å². The van der Waals surface area contributed by atoms with Gasteiger partial charge in [0.05, 0.1) is 7.11 Å². The minimum absolute atomic E-state index is 0.0485. The average Bonchev–Trinajstić information content (AvgIpc) is 2.32. The number of carbonyl (C=O) groups excluding carboxylic acids is 1. The molecule has 1 aromatic carbocycles. The zero-order chi connectivity index (χ0) is 12.7. The van der Waals surface area contributed by atoms with Gasteiger partial charge in [0.15, 0.2) is 11.6 Å². The molecule has 0 atom stereocenters. The smallest absolute Gasteiger partial charge is 0.168 e. The van der Waals surface area contributed by atoms with E-state index in [1.54, 1.807) is 18.2 Å². The first-order valence-corrected chi connectivity index (χ1v) is 5.66. The first-order valence-electron chi connectivity index (χ1n) is 5.66. The van der Waals surface area contributed by atoms with E-state index in [9.17, 15) is 9.18 Å². The molecule has 0 aromatic heterocycles. The molecule has 17 heavy (non-hydrogen) atoms. The molecule has 0 bridgehead atoms. The van der Waals surface area contributed by atoms with E-state index in [4.69, 9.17) is 4.74 Å². The molecule has 1 N–H and O–H groups in total. The second-order valence-corrected chi connectivity index (χ2v) is 3.86. The Labute approximate surface area is 101 Å². The lowest BCUT2D eigenvalue weighted by Gasteiger charge is -2.06. The molecule has 0 unspecified atom stereocenters. The van der Waals surface area contributed by atoms with Crippen LogP contribution in [0.1, 0.15) is 18.4 Å². The maximum absolute atomic E-state index is 13.7. The van der Waals surface area contributed by atoms with Crippen LogP contribution in [0.3, 0.4) is 0 Å². The molecule has 94 valence electrons. The molecule has 1 rings (SSSR count). The summed E-state index contributed by atoms with van der Waals surface area (Å²) < 4.78 is 18.6. The van der Waals surface area contributed by atoms with Gasteiger partial charge in [0, 0.05) is 12.8 Å². The average molecular weight is 239 g/mol. The SMILES string of the molecule is CNCCCC(=O)Cc1cccc(OC)c1F. The Kier molecular flexibility index (Phi) is 5.63. The molecule has 0 saturated carbocycles. The molecule has 0 aliphatic heterocycles. The molecule has 0 saturated heterocycles. The summed E-state index contributed by atoms with van der Waals surface area (Å²) >= 11 is 0. The van der Waals surface area contributed by atoms with E-state index in [0.717, 1.165) is 13.0 Å². The number of carbonyl (C=O) groups is 1. The fourth-order valence-electron chi connectivity index (χ4n) is 1.61. The summed E-state index contributed by atoms with van der Waals surface area (Å²) in [6.45, 7) is 0.798. The highest BCUT2D eigenvalue weighted by Gasteiger charge is 2.11. The minimum atomic E-state index is -0.433. The standard InChI is InChI=1S/C13H18FNO2/c1-15-8-4-6-11(16)9-10-5-3-7-12(17-2)13(10)14/h3,5,7,15H,4,6,8-9H2,1-2H3. The zero-order valence-corrected chi connectivity index (χ0v) is 10.3. The monoisotopic (exact) mass is 239 g/mol. The minimum Gasteiger partial charge on any atom is -0.494 e. The van der Waals surface area contributed by atoms with Gasteiger partial charge in [-0.15, -0.1) is 0 Å². The van der Waals surface area contributed by atoms with Gasteiger partial charge in [-0.05, 0) is 31.6 Å². The van der Waals surface area contributed by atoms with E-state index in [1.165, 1.54) is 7.11 Å². The van der Waals surface area contributed by atoms with Crippen molar-refractivity contribution >= 4 is 5.78 Å². The molecular weight excluding hydrogens is 221 g/mol. The van der Waals surface area contributed by atoms with E-state index >= 15 is 0 Å². The highest BCUT2D eigenvalue weighted by Crippen LogP contribution is 2.20. The highest BCUT2D eigenvalue weighted by atomic mass is 19.1. The van der Waals surface area contributed by atoms with Crippen molar-refractivity contribution in [1.82, 2.24) is 5.32 Å². The van der Waals surface area contributed by atoms with Crippen molar-refractivity contribution < 1.29 is 13.9 Å². The number of nitrogens with one attached hydrogen (secondary N) is 1. The molecule has 0 aliphatic rings. The fourth-order valence-corrected chi connectivity index (χ4v) is 1.61. The number of benzene rings is 1. The predicted molar refractivity (Wildman–Crippen MR) is 64.8 cm³/mol. The molecular formula is C13H18FNO2. The number of rotatable bonds is 7. The molecule has 0 heterocycles. The van der Waals surface area contributed by atoms with Gasteiger partial charge in [0.2, 0.25) is 0 Å². The van der Waals surface area contributed by atoms with Crippen LogP contribution in [0.5, 0.6) is 5.75 Å². The van der Waals surface area contributed by atoms with E-state index in [0.29, 0.717) is 12.0 Å². The molecule has 0 radical (unpaired) electrons. The van der Waals surface area contributed by atoms with Crippen LogP contribution in [0, 0.1) is 5.82 Å². The number of methoxy groups -OCH3 is 1. The number of ether oxygens (including phenoxy) is 1. The van der Waals surface area contributed by atoms with Gasteiger partial charge < -0.3 is 10.1 Å². The fraction of sp³-hybridized carbons (Fsp3) is 0.462. The van der Waals surface area contributed by atoms with Gasteiger partial charge in [-0.2, -0.15) is 0 Å². The van der Waals surface area contributed by atoms with E-state index in [-0.39, 0.29) is 18.0 Å². The number of hydrogen-bond donors (Lipinski definition) is 1. The molecule has 0 aliphatic carbocycles. The van der Waals surface area contributed by atoms with Crippen molar-refractivity contribution in [1.29, 1.82) is 0 Å². The van der Waals surface area contributed by atoms with Crippen LogP contribution in [0.25, 0.3) is 0 Å². The van der Waals surface area contributed by atoms with Gasteiger partial charge in [-0.1, -0.05) is 12.1 Å².